The Bertz CT molecular complexity index is 409. The maximum absolute atomic E-state index is 11.3. The summed E-state index contributed by atoms with van der Waals surface area (Å²) >= 11 is 0. The highest BCUT2D eigenvalue weighted by Crippen LogP contribution is 2.42. The van der Waals surface area contributed by atoms with Gasteiger partial charge in [0.25, 0.3) is 0 Å². The number of ether oxygens (including phenoxy) is 4. The zero-order valence-corrected chi connectivity index (χ0v) is 11.9. The molecular formula is C15H20O6. The first-order valence-corrected chi connectivity index (χ1v) is 7.95. The molecule has 0 aromatic carbocycles. The third kappa shape index (κ3) is 2.34. The zero-order valence-electron chi connectivity index (χ0n) is 11.9. The second-order valence-electron chi connectivity index (χ2n) is 6.60. The molecule has 0 bridgehead atoms. The van der Waals surface area contributed by atoms with E-state index in [4.69, 9.17) is 18.9 Å². The Morgan fingerprint density at radius 1 is 0.714 bits per heavy atom. The summed E-state index contributed by atoms with van der Waals surface area (Å²) in [5.74, 6) is 0.608. The Kier molecular flexibility index (Phi) is 3.19. The maximum Gasteiger partial charge on any atom is 0.509 e. The number of hydrogen-bond acceptors (Lipinski definition) is 6. The van der Waals surface area contributed by atoms with Crippen molar-refractivity contribution in [3.05, 3.63) is 0 Å². The van der Waals surface area contributed by atoms with E-state index in [-0.39, 0.29) is 24.4 Å². The highest BCUT2D eigenvalue weighted by atomic mass is 16.8. The summed E-state index contributed by atoms with van der Waals surface area (Å²) in [6, 6.07) is 0. The van der Waals surface area contributed by atoms with Gasteiger partial charge in [0, 0.05) is 11.8 Å². The fraction of sp³-hybridized carbons (Fsp3) is 0.867. The van der Waals surface area contributed by atoms with Crippen LogP contribution >= 0.6 is 0 Å². The molecule has 6 nitrogen and oxygen atoms in total. The molecule has 0 aromatic heterocycles. The van der Waals surface area contributed by atoms with E-state index in [0.29, 0.717) is 11.8 Å². The molecule has 2 aliphatic heterocycles. The van der Waals surface area contributed by atoms with Gasteiger partial charge < -0.3 is 18.9 Å². The third-order valence-electron chi connectivity index (χ3n) is 5.35. The van der Waals surface area contributed by atoms with E-state index in [1.54, 1.807) is 0 Å². The molecule has 0 spiro atoms. The van der Waals surface area contributed by atoms with Gasteiger partial charge in [0.15, 0.2) is 0 Å². The predicted octanol–water partition coefficient (Wildman–Crippen LogP) is 2.78. The Morgan fingerprint density at radius 3 is 1.67 bits per heavy atom. The summed E-state index contributed by atoms with van der Waals surface area (Å²) in [5.41, 5.74) is 0. The molecule has 2 aliphatic carbocycles. The lowest BCUT2D eigenvalue weighted by Gasteiger charge is -2.36. The van der Waals surface area contributed by atoms with E-state index >= 15 is 0 Å². The smallest absolute Gasteiger partial charge is 0.427 e. The summed E-state index contributed by atoms with van der Waals surface area (Å²) in [6.45, 7) is 0. The van der Waals surface area contributed by atoms with E-state index < -0.39 is 12.3 Å². The second kappa shape index (κ2) is 5.07. The van der Waals surface area contributed by atoms with Gasteiger partial charge in [-0.05, 0) is 44.9 Å². The molecule has 6 heteroatoms. The van der Waals surface area contributed by atoms with Crippen LogP contribution in [0.2, 0.25) is 0 Å². The summed E-state index contributed by atoms with van der Waals surface area (Å²) < 4.78 is 21.1. The van der Waals surface area contributed by atoms with E-state index in [1.807, 2.05) is 0 Å². The first-order valence-electron chi connectivity index (χ1n) is 7.95. The van der Waals surface area contributed by atoms with Crippen molar-refractivity contribution in [2.45, 2.75) is 69.4 Å². The minimum atomic E-state index is -0.533. The molecule has 2 saturated carbocycles. The van der Waals surface area contributed by atoms with Crippen LogP contribution in [0.4, 0.5) is 9.59 Å². The van der Waals surface area contributed by atoms with Gasteiger partial charge in [-0.15, -0.1) is 0 Å². The summed E-state index contributed by atoms with van der Waals surface area (Å²) in [7, 11) is 0. The van der Waals surface area contributed by atoms with E-state index in [9.17, 15) is 9.59 Å². The number of carbonyl (C=O) groups excluding carboxylic acids is 2. The van der Waals surface area contributed by atoms with Crippen molar-refractivity contribution >= 4 is 12.3 Å². The maximum atomic E-state index is 11.3. The van der Waals surface area contributed by atoms with Gasteiger partial charge in [0.1, 0.15) is 24.4 Å². The Labute approximate surface area is 123 Å². The van der Waals surface area contributed by atoms with E-state index in [1.165, 1.54) is 0 Å². The van der Waals surface area contributed by atoms with E-state index in [2.05, 4.69) is 0 Å². The second-order valence-corrected chi connectivity index (χ2v) is 6.60. The van der Waals surface area contributed by atoms with Gasteiger partial charge in [-0.1, -0.05) is 0 Å². The lowest BCUT2D eigenvalue weighted by atomic mass is 9.74. The highest BCUT2D eigenvalue weighted by Gasteiger charge is 2.49. The van der Waals surface area contributed by atoms with Crippen LogP contribution in [0.1, 0.15) is 44.9 Å². The zero-order chi connectivity index (χ0) is 14.4. The molecule has 2 heterocycles. The summed E-state index contributed by atoms with van der Waals surface area (Å²) in [5, 5.41) is 0. The SMILES string of the molecule is O=C1OC2CCCC(CC3CCCC4OC(=O)OC34)C2O1. The van der Waals surface area contributed by atoms with Crippen LogP contribution in [-0.4, -0.2) is 36.7 Å². The van der Waals surface area contributed by atoms with Crippen LogP contribution in [-0.2, 0) is 18.9 Å². The molecule has 0 amide bonds. The number of fused-ring (bicyclic) bond motifs is 2. The van der Waals surface area contributed by atoms with Gasteiger partial charge in [-0.3, -0.25) is 0 Å². The monoisotopic (exact) mass is 296 g/mol. The van der Waals surface area contributed by atoms with Crippen molar-refractivity contribution in [2.24, 2.45) is 11.8 Å². The van der Waals surface area contributed by atoms with Crippen molar-refractivity contribution in [3.8, 4) is 0 Å². The normalized spacial score (nSPS) is 45.0. The molecule has 6 unspecified atom stereocenters. The standard InChI is InChI=1S/C15H20O6/c16-14-18-10-5-1-3-8(12(10)20-14)7-9-4-2-6-11-13(9)21-15(17)19-11/h8-13H,1-7H2. The van der Waals surface area contributed by atoms with Crippen molar-refractivity contribution in [2.75, 3.05) is 0 Å². The van der Waals surface area contributed by atoms with E-state index in [0.717, 1.165) is 44.9 Å². The van der Waals surface area contributed by atoms with Crippen LogP contribution < -0.4 is 0 Å². The van der Waals surface area contributed by atoms with Gasteiger partial charge in [-0.25, -0.2) is 9.59 Å². The van der Waals surface area contributed by atoms with Crippen LogP contribution in [0, 0.1) is 11.8 Å². The minimum Gasteiger partial charge on any atom is -0.427 e. The molecule has 116 valence electrons. The number of carbonyl (C=O) groups is 2. The summed E-state index contributed by atoms with van der Waals surface area (Å²) in [6.07, 6.45) is 5.41. The molecule has 0 N–H and O–H groups in total. The molecule has 4 fully saturated rings. The fourth-order valence-electron chi connectivity index (χ4n) is 4.44. The average Bonchev–Trinajstić information content (AvgIpc) is 3.01. The van der Waals surface area contributed by atoms with Crippen LogP contribution in [0.5, 0.6) is 0 Å². The lowest BCUT2D eigenvalue weighted by Crippen LogP contribution is -2.41. The van der Waals surface area contributed by atoms with Gasteiger partial charge in [0.05, 0.1) is 0 Å². The molecule has 0 aromatic rings. The highest BCUT2D eigenvalue weighted by molar-refractivity contribution is 5.63. The molecule has 4 aliphatic rings. The Balaban J connectivity index is 1.45. The van der Waals surface area contributed by atoms with Crippen molar-refractivity contribution in [1.29, 1.82) is 0 Å². The minimum absolute atomic E-state index is 0.0852. The first-order chi connectivity index (χ1) is 10.2. The Morgan fingerprint density at radius 2 is 1.19 bits per heavy atom. The number of hydrogen-bond donors (Lipinski definition) is 0. The van der Waals surface area contributed by atoms with Crippen LogP contribution in [0.3, 0.4) is 0 Å². The average molecular weight is 296 g/mol. The quantitative estimate of drug-likeness (QED) is 0.730. The molecule has 2 saturated heterocycles. The largest absolute Gasteiger partial charge is 0.509 e. The number of rotatable bonds is 2. The predicted molar refractivity (Wildman–Crippen MR) is 69.6 cm³/mol. The third-order valence-corrected chi connectivity index (χ3v) is 5.35. The van der Waals surface area contributed by atoms with Gasteiger partial charge in [-0.2, -0.15) is 0 Å². The van der Waals surface area contributed by atoms with Crippen molar-refractivity contribution in [1.82, 2.24) is 0 Å². The van der Waals surface area contributed by atoms with Gasteiger partial charge in [0.2, 0.25) is 0 Å². The Hall–Kier alpha value is -1.46. The van der Waals surface area contributed by atoms with Gasteiger partial charge >= 0.3 is 12.3 Å². The fourth-order valence-corrected chi connectivity index (χ4v) is 4.44. The van der Waals surface area contributed by atoms with Crippen LogP contribution in [0.15, 0.2) is 0 Å². The molecular weight excluding hydrogens is 276 g/mol. The molecule has 4 rings (SSSR count). The van der Waals surface area contributed by atoms with Crippen LogP contribution in [0.25, 0.3) is 0 Å². The molecule has 21 heavy (non-hydrogen) atoms. The first kappa shape index (κ1) is 13.2. The topological polar surface area (TPSA) is 71.1 Å². The lowest BCUT2D eigenvalue weighted by molar-refractivity contribution is 0.00472. The molecule has 0 radical (unpaired) electrons. The van der Waals surface area contributed by atoms with Crippen molar-refractivity contribution < 1.29 is 28.5 Å². The molecule has 6 atom stereocenters. The summed E-state index contributed by atoms with van der Waals surface area (Å²) in [4.78, 5) is 22.7. The van der Waals surface area contributed by atoms with Crippen molar-refractivity contribution in [3.63, 3.8) is 0 Å².